The number of hydrogen-bond acceptors (Lipinski definition) is 2. The predicted octanol–water partition coefficient (Wildman–Crippen LogP) is 3.16. The second kappa shape index (κ2) is 4.86. The molecule has 0 fully saturated rings. The molecule has 0 rings (SSSR count). The third kappa shape index (κ3) is 8.27. The van der Waals surface area contributed by atoms with E-state index in [9.17, 15) is 18.0 Å². The van der Waals surface area contributed by atoms with E-state index in [1.807, 2.05) is 20.8 Å². The first-order valence-electron chi connectivity index (χ1n) is 4.75. The van der Waals surface area contributed by atoms with Crippen LogP contribution in [0.2, 0.25) is 0 Å². The van der Waals surface area contributed by atoms with Crippen molar-refractivity contribution in [3.05, 3.63) is 0 Å². The molecule has 0 aliphatic carbocycles. The van der Waals surface area contributed by atoms with Crippen LogP contribution in [0.4, 0.5) is 13.2 Å². The highest BCUT2D eigenvalue weighted by atomic mass is 19.4. The van der Waals surface area contributed by atoms with Crippen molar-refractivity contribution in [1.82, 2.24) is 0 Å². The highest BCUT2D eigenvalue weighted by Crippen LogP contribution is 2.25. The van der Waals surface area contributed by atoms with E-state index in [0.717, 1.165) is 0 Å². The van der Waals surface area contributed by atoms with E-state index >= 15 is 0 Å². The monoisotopic (exact) mass is 226 g/mol. The van der Waals surface area contributed by atoms with Gasteiger partial charge in [-0.1, -0.05) is 27.7 Å². The summed E-state index contributed by atoms with van der Waals surface area (Å²) in [5, 5.41) is 0. The fourth-order valence-electron chi connectivity index (χ4n) is 1.30. The Hall–Kier alpha value is -0.740. The van der Waals surface area contributed by atoms with Crippen molar-refractivity contribution >= 4 is 5.97 Å². The number of ether oxygens (including phenoxy) is 1. The molecular formula is C10H17F3O2. The van der Waals surface area contributed by atoms with E-state index in [1.54, 1.807) is 6.92 Å². The summed E-state index contributed by atoms with van der Waals surface area (Å²) in [7, 11) is 0. The zero-order valence-electron chi connectivity index (χ0n) is 9.44. The quantitative estimate of drug-likeness (QED) is 0.691. The fourth-order valence-corrected chi connectivity index (χ4v) is 1.30. The SMILES string of the molecule is CC(CC(C)(C)C)C(=O)OCC(F)(F)F. The summed E-state index contributed by atoms with van der Waals surface area (Å²) in [4.78, 5) is 11.1. The number of rotatable bonds is 3. The van der Waals surface area contributed by atoms with E-state index in [-0.39, 0.29) is 5.41 Å². The molecule has 0 saturated heterocycles. The summed E-state index contributed by atoms with van der Waals surface area (Å²) in [5.74, 6) is -1.30. The van der Waals surface area contributed by atoms with Crippen molar-refractivity contribution in [2.75, 3.05) is 6.61 Å². The van der Waals surface area contributed by atoms with Crippen molar-refractivity contribution in [1.29, 1.82) is 0 Å². The Morgan fingerprint density at radius 3 is 2.07 bits per heavy atom. The number of halogens is 3. The topological polar surface area (TPSA) is 26.3 Å². The van der Waals surface area contributed by atoms with Gasteiger partial charge in [0.25, 0.3) is 0 Å². The molecule has 1 unspecified atom stereocenters. The molecule has 0 amide bonds. The van der Waals surface area contributed by atoms with Gasteiger partial charge in [-0.25, -0.2) is 0 Å². The van der Waals surface area contributed by atoms with Gasteiger partial charge in [-0.15, -0.1) is 0 Å². The van der Waals surface area contributed by atoms with Crippen LogP contribution in [0.1, 0.15) is 34.1 Å². The van der Waals surface area contributed by atoms with E-state index in [4.69, 9.17) is 0 Å². The maximum Gasteiger partial charge on any atom is 0.422 e. The van der Waals surface area contributed by atoms with Crippen LogP contribution in [-0.4, -0.2) is 18.8 Å². The lowest BCUT2D eigenvalue weighted by Gasteiger charge is -2.22. The number of hydrogen-bond donors (Lipinski definition) is 0. The summed E-state index contributed by atoms with van der Waals surface area (Å²) < 4.78 is 39.4. The standard InChI is InChI=1S/C10H17F3O2/c1-7(5-9(2,3)4)8(14)15-6-10(11,12)13/h7H,5-6H2,1-4H3. The van der Waals surface area contributed by atoms with E-state index in [0.29, 0.717) is 6.42 Å². The molecule has 0 N–H and O–H groups in total. The van der Waals surface area contributed by atoms with E-state index in [1.165, 1.54) is 0 Å². The van der Waals surface area contributed by atoms with Crippen LogP contribution in [0.3, 0.4) is 0 Å². The number of alkyl halides is 3. The van der Waals surface area contributed by atoms with Gasteiger partial charge in [0.1, 0.15) is 0 Å². The van der Waals surface area contributed by atoms with Crippen molar-refractivity contribution in [2.45, 2.75) is 40.3 Å². The molecule has 0 aromatic rings. The molecule has 0 aliphatic heterocycles. The third-order valence-corrected chi connectivity index (χ3v) is 1.70. The Kier molecular flexibility index (Phi) is 4.62. The third-order valence-electron chi connectivity index (χ3n) is 1.70. The Morgan fingerprint density at radius 1 is 1.27 bits per heavy atom. The molecule has 0 heterocycles. The summed E-state index contributed by atoms with van der Waals surface area (Å²) in [6.45, 7) is 5.83. The van der Waals surface area contributed by atoms with Crippen LogP contribution in [0, 0.1) is 11.3 Å². The minimum Gasteiger partial charge on any atom is -0.456 e. The Labute approximate surface area is 87.8 Å². The molecule has 0 aromatic heterocycles. The first kappa shape index (κ1) is 14.3. The van der Waals surface area contributed by atoms with Crippen molar-refractivity contribution in [3.8, 4) is 0 Å². The molecule has 5 heteroatoms. The maximum absolute atomic E-state index is 11.7. The lowest BCUT2D eigenvalue weighted by Crippen LogP contribution is -2.26. The van der Waals surface area contributed by atoms with Gasteiger partial charge in [-0.05, 0) is 11.8 Å². The molecule has 0 aliphatic rings. The largest absolute Gasteiger partial charge is 0.456 e. The van der Waals surface area contributed by atoms with Gasteiger partial charge in [-0.2, -0.15) is 13.2 Å². The van der Waals surface area contributed by atoms with Gasteiger partial charge in [0.05, 0.1) is 5.92 Å². The fraction of sp³-hybridized carbons (Fsp3) is 0.900. The van der Waals surface area contributed by atoms with Gasteiger partial charge in [0.2, 0.25) is 0 Å². The second-order valence-corrected chi connectivity index (χ2v) is 4.89. The molecule has 0 aromatic carbocycles. The Bertz CT molecular complexity index is 216. The summed E-state index contributed by atoms with van der Waals surface area (Å²) in [5.41, 5.74) is -0.101. The molecular weight excluding hydrogens is 209 g/mol. The minimum absolute atomic E-state index is 0.101. The van der Waals surface area contributed by atoms with Crippen LogP contribution < -0.4 is 0 Å². The van der Waals surface area contributed by atoms with Gasteiger partial charge >= 0.3 is 12.1 Å². The normalized spacial score (nSPS) is 14.9. The lowest BCUT2D eigenvalue weighted by atomic mass is 9.85. The molecule has 0 bridgehead atoms. The van der Waals surface area contributed by atoms with E-state index < -0.39 is 24.7 Å². The molecule has 15 heavy (non-hydrogen) atoms. The van der Waals surface area contributed by atoms with Gasteiger partial charge in [-0.3, -0.25) is 4.79 Å². The van der Waals surface area contributed by atoms with Crippen LogP contribution in [-0.2, 0) is 9.53 Å². The van der Waals surface area contributed by atoms with Crippen molar-refractivity contribution in [3.63, 3.8) is 0 Å². The van der Waals surface area contributed by atoms with Crippen LogP contribution in [0.5, 0.6) is 0 Å². The first-order chi connectivity index (χ1) is 6.51. The zero-order valence-corrected chi connectivity index (χ0v) is 9.44. The van der Waals surface area contributed by atoms with Gasteiger partial charge in [0, 0.05) is 0 Å². The molecule has 1 atom stereocenters. The Morgan fingerprint density at radius 2 is 1.73 bits per heavy atom. The second-order valence-electron chi connectivity index (χ2n) is 4.89. The van der Waals surface area contributed by atoms with Crippen LogP contribution >= 0.6 is 0 Å². The van der Waals surface area contributed by atoms with Crippen molar-refractivity contribution in [2.24, 2.45) is 11.3 Å². The molecule has 0 saturated carbocycles. The summed E-state index contributed by atoms with van der Waals surface area (Å²) in [6, 6.07) is 0. The minimum atomic E-state index is -4.45. The highest BCUT2D eigenvalue weighted by Gasteiger charge is 2.31. The van der Waals surface area contributed by atoms with Gasteiger partial charge in [0.15, 0.2) is 6.61 Å². The van der Waals surface area contributed by atoms with Crippen molar-refractivity contribution < 1.29 is 22.7 Å². The number of esters is 1. The maximum atomic E-state index is 11.7. The Balaban J connectivity index is 4.01. The van der Waals surface area contributed by atoms with Crippen LogP contribution in [0.15, 0.2) is 0 Å². The molecule has 90 valence electrons. The summed E-state index contributed by atoms with van der Waals surface area (Å²) >= 11 is 0. The number of carbonyl (C=O) groups excluding carboxylic acids is 1. The zero-order chi connectivity index (χ0) is 12.3. The smallest absolute Gasteiger partial charge is 0.422 e. The lowest BCUT2D eigenvalue weighted by molar-refractivity contribution is -0.189. The number of carbonyl (C=O) groups is 1. The van der Waals surface area contributed by atoms with Crippen LogP contribution in [0.25, 0.3) is 0 Å². The molecule has 2 nitrogen and oxygen atoms in total. The first-order valence-corrected chi connectivity index (χ1v) is 4.75. The predicted molar refractivity (Wildman–Crippen MR) is 50.3 cm³/mol. The molecule has 0 radical (unpaired) electrons. The molecule has 0 spiro atoms. The average Bonchev–Trinajstić information content (AvgIpc) is 1.95. The average molecular weight is 226 g/mol. The van der Waals surface area contributed by atoms with Gasteiger partial charge < -0.3 is 4.74 Å². The highest BCUT2D eigenvalue weighted by molar-refractivity contribution is 5.72. The van der Waals surface area contributed by atoms with E-state index in [2.05, 4.69) is 4.74 Å². The summed E-state index contributed by atoms with van der Waals surface area (Å²) in [6.07, 6.45) is -3.94.